The van der Waals surface area contributed by atoms with Gasteiger partial charge in [0, 0.05) is 0 Å². The van der Waals surface area contributed by atoms with E-state index in [1.54, 1.807) is 18.2 Å². The van der Waals surface area contributed by atoms with Crippen molar-refractivity contribution < 1.29 is 14.5 Å². The first kappa shape index (κ1) is 9.88. The first-order valence-electron chi connectivity index (χ1n) is 4.46. The SMILES string of the molecule is OB(O)c1cccc(Cc2nnco2)c1. The first-order chi connectivity index (χ1) is 7.25. The molecular formula is C9H9BN2O3. The fourth-order valence-corrected chi connectivity index (χ4v) is 1.31. The highest BCUT2D eigenvalue weighted by molar-refractivity contribution is 6.58. The van der Waals surface area contributed by atoms with E-state index in [-0.39, 0.29) is 0 Å². The van der Waals surface area contributed by atoms with E-state index in [0.29, 0.717) is 17.8 Å². The smallest absolute Gasteiger partial charge is 0.428 e. The van der Waals surface area contributed by atoms with Crippen LogP contribution >= 0.6 is 0 Å². The van der Waals surface area contributed by atoms with Crippen LogP contribution < -0.4 is 5.46 Å². The molecular weight excluding hydrogens is 195 g/mol. The molecule has 1 aromatic carbocycles. The molecule has 0 bridgehead atoms. The van der Waals surface area contributed by atoms with Gasteiger partial charge in [-0.15, -0.1) is 10.2 Å². The van der Waals surface area contributed by atoms with Gasteiger partial charge in [-0.05, 0) is 11.0 Å². The molecule has 76 valence electrons. The molecule has 0 amide bonds. The quantitative estimate of drug-likeness (QED) is 0.648. The molecule has 2 aromatic rings. The van der Waals surface area contributed by atoms with Crippen molar-refractivity contribution >= 4 is 12.6 Å². The standard InChI is InChI=1S/C9H9BN2O3/c13-10(14)8-3-1-2-7(4-8)5-9-12-11-6-15-9/h1-4,6,13-14H,5H2. The lowest BCUT2D eigenvalue weighted by Crippen LogP contribution is -2.29. The van der Waals surface area contributed by atoms with Crippen LogP contribution in [0.15, 0.2) is 35.1 Å². The molecule has 0 fully saturated rings. The van der Waals surface area contributed by atoms with Crippen LogP contribution in [0.4, 0.5) is 0 Å². The molecule has 1 heterocycles. The fraction of sp³-hybridized carbons (Fsp3) is 0.111. The van der Waals surface area contributed by atoms with E-state index in [9.17, 15) is 0 Å². The molecule has 2 N–H and O–H groups in total. The number of nitrogens with zero attached hydrogens (tertiary/aromatic N) is 2. The van der Waals surface area contributed by atoms with Crippen molar-refractivity contribution in [3.8, 4) is 0 Å². The maximum Gasteiger partial charge on any atom is 0.488 e. The molecule has 6 heteroatoms. The van der Waals surface area contributed by atoms with E-state index in [0.717, 1.165) is 5.56 Å². The van der Waals surface area contributed by atoms with Gasteiger partial charge in [0.15, 0.2) is 0 Å². The molecule has 0 atom stereocenters. The van der Waals surface area contributed by atoms with Crippen LogP contribution in [-0.4, -0.2) is 27.4 Å². The van der Waals surface area contributed by atoms with Crippen molar-refractivity contribution in [1.82, 2.24) is 10.2 Å². The number of benzene rings is 1. The third kappa shape index (κ3) is 2.42. The van der Waals surface area contributed by atoms with Crippen LogP contribution in [0.25, 0.3) is 0 Å². The van der Waals surface area contributed by atoms with Gasteiger partial charge in [0.2, 0.25) is 12.3 Å². The maximum atomic E-state index is 8.98. The van der Waals surface area contributed by atoms with Gasteiger partial charge >= 0.3 is 7.12 Å². The Morgan fingerprint density at radius 2 is 2.20 bits per heavy atom. The van der Waals surface area contributed by atoms with Gasteiger partial charge in [-0.25, -0.2) is 0 Å². The van der Waals surface area contributed by atoms with Crippen LogP contribution in [0.5, 0.6) is 0 Å². The minimum absolute atomic E-state index is 0.451. The Hall–Kier alpha value is -1.66. The molecule has 5 nitrogen and oxygen atoms in total. The predicted molar refractivity (Wildman–Crippen MR) is 53.4 cm³/mol. The maximum absolute atomic E-state index is 8.98. The predicted octanol–water partition coefficient (Wildman–Crippen LogP) is -0.660. The normalized spacial score (nSPS) is 10.3. The largest absolute Gasteiger partial charge is 0.488 e. The summed E-state index contributed by atoms with van der Waals surface area (Å²) in [6.45, 7) is 0. The van der Waals surface area contributed by atoms with Gasteiger partial charge in [-0.1, -0.05) is 24.3 Å². The average molecular weight is 204 g/mol. The summed E-state index contributed by atoms with van der Waals surface area (Å²) >= 11 is 0. The molecule has 1 aromatic heterocycles. The molecule has 0 spiro atoms. The highest BCUT2D eigenvalue weighted by Gasteiger charge is 2.11. The summed E-state index contributed by atoms with van der Waals surface area (Å²) in [6, 6.07) is 6.94. The van der Waals surface area contributed by atoms with Crippen molar-refractivity contribution in [1.29, 1.82) is 0 Å². The van der Waals surface area contributed by atoms with Crippen molar-refractivity contribution in [2.45, 2.75) is 6.42 Å². The second-order valence-electron chi connectivity index (χ2n) is 3.13. The van der Waals surface area contributed by atoms with Crippen molar-refractivity contribution in [3.05, 3.63) is 42.1 Å². The van der Waals surface area contributed by atoms with E-state index in [2.05, 4.69) is 10.2 Å². The van der Waals surface area contributed by atoms with Gasteiger partial charge < -0.3 is 14.5 Å². The number of hydrogen-bond donors (Lipinski definition) is 2. The van der Waals surface area contributed by atoms with Crippen LogP contribution in [0.2, 0.25) is 0 Å². The zero-order chi connectivity index (χ0) is 10.7. The second kappa shape index (κ2) is 4.25. The van der Waals surface area contributed by atoms with Gasteiger partial charge in [-0.3, -0.25) is 0 Å². The molecule has 0 aliphatic rings. The molecule has 0 saturated heterocycles. The molecule has 0 aliphatic carbocycles. The topological polar surface area (TPSA) is 79.4 Å². The molecule has 0 aliphatic heterocycles. The van der Waals surface area contributed by atoms with Crippen LogP contribution in [0, 0.1) is 0 Å². The van der Waals surface area contributed by atoms with E-state index in [4.69, 9.17) is 14.5 Å². The van der Waals surface area contributed by atoms with Crippen molar-refractivity contribution in [2.24, 2.45) is 0 Å². The van der Waals surface area contributed by atoms with Gasteiger partial charge in [-0.2, -0.15) is 0 Å². The van der Waals surface area contributed by atoms with E-state index >= 15 is 0 Å². The lowest BCUT2D eigenvalue weighted by atomic mass is 9.79. The summed E-state index contributed by atoms with van der Waals surface area (Å²) in [6.07, 6.45) is 1.75. The summed E-state index contributed by atoms with van der Waals surface area (Å²) < 4.78 is 4.99. The minimum Gasteiger partial charge on any atom is -0.428 e. The van der Waals surface area contributed by atoms with E-state index in [1.165, 1.54) is 6.39 Å². The molecule has 2 rings (SSSR count). The summed E-state index contributed by atoms with van der Waals surface area (Å²) in [4.78, 5) is 0. The summed E-state index contributed by atoms with van der Waals surface area (Å²) in [5, 5.41) is 25.3. The summed E-state index contributed by atoms with van der Waals surface area (Å²) in [7, 11) is -1.45. The Morgan fingerprint density at radius 3 is 2.87 bits per heavy atom. The number of rotatable bonds is 3. The second-order valence-corrected chi connectivity index (χ2v) is 3.13. The van der Waals surface area contributed by atoms with E-state index < -0.39 is 7.12 Å². The third-order valence-corrected chi connectivity index (χ3v) is 2.01. The lowest BCUT2D eigenvalue weighted by molar-refractivity contribution is 0.425. The lowest BCUT2D eigenvalue weighted by Gasteiger charge is -2.01. The third-order valence-electron chi connectivity index (χ3n) is 2.01. The monoisotopic (exact) mass is 204 g/mol. The number of aromatic nitrogens is 2. The molecule has 0 radical (unpaired) electrons. The summed E-state index contributed by atoms with van der Waals surface area (Å²) in [5.41, 5.74) is 1.34. The van der Waals surface area contributed by atoms with Crippen molar-refractivity contribution in [3.63, 3.8) is 0 Å². The zero-order valence-corrected chi connectivity index (χ0v) is 7.87. The van der Waals surface area contributed by atoms with Gasteiger partial charge in [0.25, 0.3) is 0 Å². The Kier molecular flexibility index (Phi) is 2.80. The van der Waals surface area contributed by atoms with Crippen LogP contribution in [0.1, 0.15) is 11.5 Å². The Bertz CT molecular complexity index is 431. The highest BCUT2D eigenvalue weighted by Crippen LogP contribution is 2.04. The molecule has 15 heavy (non-hydrogen) atoms. The van der Waals surface area contributed by atoms with Gasteiger partial charge in [0.05, 0.1) is 6.42 Å². The van der Waals surface area contributed by atoms with Crippen molar-refractivity contribution in [2.75, 3.05) is 0 Å². The fourth-order valence-electron chi connectivity index (χ4n) is 1.31. The van der Waals surface area contributed by atoms with Crippen LogP contribution in [-0.2, 0) is 6.42 Å². The molecule has 0 unspecified atom stereocenters. The van der Waals surface area contributed by atoms with Gasteiger partial charge in [0.1, 0.15) is 0 Å². The Morgan fingerprint density at radius 1 is 1.33 bits per heavy atom. The van der Waals surface area contributed by atoms with Crippen LogP contribution in [0.3, 0.4) is 0 Å². The summed E-state index contributed by atoms with van der Waals surface area (Å²) in [5.74, 6) is 0.500. The zero-order valence-electron chi connectivity index (χ0n) is 7.87. The minimum atomic E-state index is -1.45. The Balaban J connectivity index is 2.18. The average Bonchev–Trinajstić information content (AvgIpc) is 2.71. The Labute approximate surface area is 86.5 Å². The first-order valence-corrected chi connectivity index (χ1v) is 4.46. The van der Waals surface area contributed by atoms with E-state index in [1.807, 2.05) is 6.07 Å². The molecule has 0 saturated carbocycles. The highest BCUT2D eigenvalue weighted by atomic mass is 16.4. The number of hydrogen-bond acceptors (Lipinski definition) is 5.